The molecule has 1 aliphatic heterocycles. The van der Waals surface area contributed by atoms with Crippen molar-refractivity contribution in [3.63, 3.8) is 0 Å². The van der Waals surface area contributed by atoms with E-state index in [0.717, 1.165) is 5.57 Å². The van der Waals surface area contributed by atoms with Crippen LogP contribution in [0.15, 0.2) is 66.9 Å². The fraction of sp³-hybridized carbons (Fsp3) is 0.0667. The van der Waals surface area contributed by atoms with E-state index in [2.05, 4.69) is 29.7 Å². The van der Waals surface area contributed by atoms with Crippen molar-refractivity contribution in [3.8, 4) is 0 Å². The second-order valence-corrected chi connectivity index (χ2v) is 4.02. The van der Waals surface area contributed by atoms with Crippen LogP contribution in [0.5, 0.6) is 0 Å². The number of rotatable bonds is 2. The summed E-state index contributed by atoms with van der Waals surface area (Å²) in [6.45, 7) is 0. The van der Waals surface area contributed by atoms with Gasteiger partial charge in [0.25, 0.3) is 0 Å². The molecule has 0 aromatic heterocycles. The Bertz CT molecular complexity index is 519. The van der Waals surface area contributed by atoms with Crippen LogP contribution >= 0.6 is 0 Å². The predicted molar refractivity (Wildman–Crippen MR) is 67.8 cm³/mol. The summed E-state index contributed by atoms with van der Waals surface area (Å²) in [6, 6.07) is 20.7. The summed E-state index contributed by atoms with van der Waals surface area (Å²) >= 11 is 0. The second kappa shape index (κ2) is 4.44. The molecule has 0 saturated heterocycles. The lowest BCUT2D eigenvalue weighted by molar-refractivity contribution is 0.142. The Morgan fingerprint density at radius 1 is 0.824 bits per heavy atom. The van der Waals surface area contributed by atoms with Gasteiger partial charge in [0, 0.05) is 5.57 Å². The minimum Gasteiger partial charge on any atom is -0.415 e. The van der Waals surface area contributed by atoms with Gasteiger partial charge in [-0.15, -0.1) is 5.48 Å². The third kappa shape index (κ3) is 1.95. The van der Waals surface area contributed by atoms with E-state index in [1.807, 2.05) is 36.4 Å². The van der Waals surface area contributed by atoms with Crippen molar-refractivity contribution in [2.24, 2.45) is 0 Å². The number of hydroxylamine groups is 1. The number of hydrogen-bond donors (Lipinski definition) is 1. The van der Waals surface area contributed by atoms with Gasteiger partial charge in [0.15, 0.2) is 0 Å². The minimum atomic E-state index is 0.110. The van der Waals surface area contributed by atoms with Gasteiger partial charge in [-0.2, -0.15) is 0 Å². The maximum Gasteiger partial charge on any atom is 0.117 e. The Kier molecular flexibility index (Phi) is 2.64. The SMILES string of the molecule is C1=C(c2ccccc2)C(c2ccccc2)NO1. The summed E-state index contributed by atoms with van der Waals surface area (Å²) in [5.74, 6) is 0. The van der Waals surface area contributed by atoms with Crippen molar-refractivity contribution < 1.29 is 4.84 Å². The van der Waals surface area contributed by atoms with Crippen LogP contribution in [0.2, 0.25) is 0 Å². The molecule has 0 radical (unpaired) electrons. The van der Waals surface area contributed by atoms with E-state index >= 15 is 0 Å². The summed E-state index contributed by atoms with van der Waals surface area (Å²) in [6.07, 6.45) is 1.78. The monoisotopic (exact) mass is 223 g/mol. The van der Waals surface area contributed by atoms with Crippen LogP contribution in [0.1, 0.15) is 17.2 Å². The summed E-state index contributed by atoms with van der Waals surface area (Å²) in [5, 5.41) is 0. The lowest BCUT2D eigenvalue weighted by Crippen LogP contribution is -2.14. The first kappa shape index (κ1) is 10.1. The van der Waals surface area contributed by atoms with E-state index in [4.69, 9.17) is 4.84 Å². The van der Waals surface area contributed by atoms with Gasteiger partial charge < -0.3 is 4.84 Å². The van der Waals surface area contributed by atoms with E-state index in [9.17, 15) is 0 Å². The fourth-order valence-electron chi connectivity index (χ4n) is 2.06. The first-order valence-electron chi connectivity index (χ1n) is 5.67. The van der Waals surface area contributed by atoms with Crippen LogP contribution in [0.4, 0.5) is 0 Å². The van der Waals surface area contributed by atoms with Crippen LogP contribution in [-0.4, -0.2) is 0 Å². The van der Waals surface area contributed by atoms with Crippen molar-refractivity contribution in [1.82, 2.24) is 5.48 Å². The topological polar surface area (TPSA) is 21.3 Å². The maximum absolute atomic E-state index is 5.27. The third-order valence-corrected chi connectivity index (χ3v) is 2.92. The number of benzene rings is 2. The highest BCUT2D eigenvalue weighted by Crippen LogP contribution is 2.33. The van der Waals surface area contributed by atoms with Gasteiger partial charge >= 0.3 is 0 Å². The van der Waals surface area contributed by atoms with Crippen molar-refractivity contribution in [2.75, 3.05) is 0 Å². The summed E-state index contributed by atoms with van der Waals surface area (Å²) in [4.78, 5) is 5.27. The van der Waals surface area contributed by atoms with Crippen LogP contribution in [-0.2, 0) is 4.84 Å². The Labute approximate surface area is 101 Å². The molecule has 0 amide bonds. The molecule has 1 atom stereocenters. The Balaban J connectivity index is 1.96. The molecule has 1 N–H and O–H groups in total. The van der Waals surface area contributed by atoms with Gasteiger partial charge in [-0.05, 0) is 11.1 Å². The summed E-state index contributed by atoms with van der Waals surface area (Å²) in [7, 11) is 0. The normalized spacial score (nSPS) is 18.6. The molecule has 0 fully saturated rings. The van der Waals surface area contributed by atoms with Crippen molar-refractivity contribution in [1.29, 1.82) is 0 Å². The second-order valence-electron chi connectivity index (χ2n) is 4.02. The van der Waals surface area contributed by atoms with E-state index in [1.54, 1.807) is 6.26 Å². The van der Waals surface area contributed by atoms with Gasteiger partial charge in [0.05, 0.1) is 6.04 Å². The van der Waals surface area contributed by atoms with Crippen molar-refractivity contribution >= 4 is 5.57 Å². The number of nitrogens with one attached hydrogen (secondary N) is 1. The molecule has 17 heavy (non-hydrogen) atoms. The Hall–Kier alpha value is -2.06. The smallest absolute Gasteiger partial charge is 0.117 e. The molecular formula is C15H13NO. The zero-order valence-corrected chi connectivity index (χ0v) is 9.34. The van der Waals surface area contributed by atoms with E-state index in [0.29, 0.717) is 0 Å². The van der Waals surface area contributed by atoms with Crippen LogP contribution < -0.4 is 5.48 Å². The van der Waals surface area contributed by atoms with Gasteiger partial charge in [-0.25, -0.2) is 0 Å². The Morgan fingerprint density at radius 3 is 2.18 bits per heavy atom. The molecule has 2 aromatic carbocycles. The average Bonchev–Trinajstić information content (AvgIpc) is 2.90. The quantitative estimate of drug-likeness (QED) is 0.843. The third-order valence-electron chi connectivity index (χ3n) is 2.92. The van der Waals surface area contributed by atoms with E-state index in [1.165, 1.54) is 11.1 Å². The highest BCUT2D eigenvalue weighted by molar-refractivity contribution is 5.71. The standard InChI is InChI=1S/C15H13NO/c1-3-7-12(8-4-1)14-11-17-16-15(14)13-9-5-2-6-10-13/h1-11,15-16H. The predicted octanol–water partition coefficient (Wildman–Crippen LogP) is 3.30. The molecule has 1 unspecified atom stereocenters. The van der Waals surface area contributed by atoms with Gasteiger partial charge in [-0.3, -0.25) is 0 Å². The first-order valence-corrected chi connectivity index (χ1v) is 5.67. The van der Waals surface area contributed by atoms with Crippen LogP contribution in [0.3, 0.4) is 0 Å². The zero-order valence-electron chi connectivity index (χ0n) is 9.34. The molecular weight excluding hydrogens is 210 g/mol. The maximum atomic E-state index is 5.27. The largest absolute Gasteiger partial charge is 0.415 e. The molecule has 1 heterocycles. The minimum absolute atomic E-state index is 0.110. The highest BCUT2D eigenvalue weighted by atomic mass is 16.6. The van der Waals surface area contributed by atoms with E-state index < -0.39 is 0 Å². The van der Waals surface area contributed by atoms with Crippen LogP contribution in [0, 0.1) is 0 Å². The zero-order chi connectivity index (χ0) is 11.5. The molecule has 0 bridgehead atoms. The molecule has 1 aliphatic rings. The van der Waals surface area contributed by atoms with E-state index in [-0.39, 0.29) is 6.04 Å². The van der Waals surface area contributed by atoms with Crippen molar-refractivity contribution in [2.45, 2.75) is 6.04 Å². The fourth-order valence-corrected chi connectivity index (χ4v) is 2.06. The molecule has 2 nitrogen and oxygen atoms in total. The molecule has 84 valence electrons. The van der Waals surface area contributed by atoms with Crippen molar-refractivity contribution in [3.05, 3.63) is 78.1 Å². The first-order chi connectivity index (χ1) is 8.45. The van der Waals surface area contributed by atoms with Gasteiger partial charge in [0.2, 0.25) is 0 Å². The Morgan fingerprint density at radius 2 is 1.47 bits per heavy atom. The number of hydrogen-bond acceptors (Lipinski definition) is 2. The summed E-state index contributed by atoms with van der Waals surface area (Å²) in [5.41, 5.74) is 6.59. The molecule has 0 aliphatic carbocycles. The molecule has 0 saturated carbocycles. The summed E-state index contributed by atoms with van der Waals surface area (Å²) < 4.78 is 0. The lowest BCUT2D eigenvalue weighted by Gasteiger charge is -2.13. The average molecular weight is 223 g/mol. The molecule has 0 spiro atoms. The van der Waals surface area contributed by atoms with Gasteiger partial charge in [0.1, 0.15) is 6.26 Å². The van der Waals surface area contributed by atoms with Gasteiger partial charge in [-0.1, -0.05) is 60.7 Å². The highest BCUT2D eigenvalue weighted by Gasteiger charge is 2.23. The molecule has 3 rings (SSSR count). The molecule has 2 heteroatoms. The lowest BCUT2D eigenvalue weighted by atomic mass is 9.95. The van der Waals surface area contributed by atoms with Crippen LogP contribution in [0.25, 0.3) is 5.57 Å². The molecule has 2 aromatic rings.